The number of rotatable bonds is 6. The first-order chi connectivity index (χ1) is 16.4. The van der Waals surface area contributed by atoms with Crippen LogP contribution in [0, 0.1) is 0 Å². The number of alkyl halides is 6. The molecular formula is C23H18F6N4O2. The van der Waals surface area contributed by atoms with Crippen LogP contribution >= 0.6 is 0 Å². The number of carbonyl (C=O) groups excluding carboxylic acids is 1. The fourth-order valence-electron chi connectivity index (χ4n) is 2.93. The maximum atomic E-state index is 13.2. The minimum atomic E-state index is -4.86. The zero-order valence-electron chi connectivity index (χ0n) is 17.7. The van der Waals surface area contributed by atoms with Crippen molar-refractivity contribution >= 4 is 23.1 Å². The molecule has 0 saturated carbocycles. The van der Waals surface area contributed by atoms with E-state index in [1.54, 1.807) is 24.3 Å². The maximum Gasteiger partial charge on any atom is 0.573 e. The van der Waals surface area contributed by atoms with Crippen molar-refractivity contribution in [2.24, 2.45) is 5.10 Å². The van der Waals surface area contributed by atoms with Gasteiger partial charge in [-0.1, -0.05) is 24.3 Å². The van der Waals surface area contributed by atoms with Crippen LogP contribution in [0.15, 0.2) is 77.9 Å². The number of nitrogens with two attached hydrogens (primary N) is 1. The molecule has 0 aliphatic carbocycles. The molecular weight excluding hydrogens is 478 g/mol. The van der Waals surface area contributed by atoms with Crippen molar-refractivity contribution < 1.29 is 35.9 Å². The molecule has 0 fully saturated rings. The number of amides is 2. The van der Waals surface area contributed by atoms with Crippen molar-refractivity contribution in [3.8, 4) is 5.75 Å². The summed E-state index contributed by atoms with van der Waals surface area (Å²) < 4.78 is 80.0. The average molecular weight is 496 g/mol. The van der Waals surface area contributed by atoms with Gasteiger partial charge in [-0.25, -0.2) is 10.2 Å². The van der Waals surface area contributed by atoms with E-state index in [2.05, 4.69) is 20.6 Å². The minimum Gasteiger partial charge on any atom is -0.406 e. The molecule has 3 aromatic rings. The number of nitrogens with zero attached hydrogens (tertiary/aromatic N) is 1. The number of ether oxygens (including phenoxy) is 1. The summed E-state index contributed by atoms with van der Waals surface area (Å²) in [5, 5.41) is 6.33. The zero-order chi connectivity index (χ0) is 25.6. The summed E-state index contributed by atoms with van der Waals surface area (Å²) in [6.45, 7) is 0. The van der Waals surface area contributed by atoms with Crippen molar-refractivity contribution in [3.05, 3.63) is 89.5 Å². The van der Waals surface area contributed by atoms with Crippen molar-refractivity contribution in [1.82, 2.24) is 5.43 Å². The quantitative estimate of drug-likeness (QED) is 0.170. The van der Waals surface area contributed by atoms with Gasteiger partial charge in [0.15, 0.2) is 0 Å². The van der Waals surface area contributed by atoms with Gasteiger partial charge in [0.1, 0.15) is 5.75 Å². The van der Waals surface area contributed by atoms with Crippen molar-refractivity contribution in [1.29, 1.82) is 0 Å². The normalized spacial score (nSPS) is 12.2. The zero-order valence-corrected chi connectivity index (χ0v) is 17.7. The number of anilines is 2. The molecule has 0 unspecified atom stereocenters. The van der Waals surface area contributed by atoms with E-state index in [0.29, 0.717) is 11.3 Å². The Morgan fingerprint density at radius 2 is 1.57 bits per heavy atom. The van der Waals surface area contributed by atoms with E-state index >= 15 is 0 Å². The second kappa shape index (κ2) is 10.4. The molecule has 184 valence electrons. The van der Waals surface area contributed by atoms with Gasteiger partial charge in [-0.2, -0.15) is 18.3 Å². The fourth-order valence-corrected chi connectivity index (χ4v) is 2.93. The summed E-state index contributed by atoms with van der Waals surface area (Å²) in [7, 11) is 0. The van der Waals surface area contributed by atoms with E-state index < -0.39 is 29.9 Å². The van der Waals surface area contributed by atoms with E-state index in [1.165, 1.54) is 24.3 Å². The monoisotopic (exact) mass is 496 g/mol. The Bertz CT molecular complexity index is 1190. The van der Waals surface area contributed by atoms with Gasteiger partial charge in [0.25, 0.3) is 0 Å². The van der Waals surface area contributed by atoms with Crippen LogP contribution in [0.25, 0.3) is 0 Å². The predicted octanol–water partition coefficient (Wildman–Crippen LogP) is 5.95. The largest absolute Gasteiger partial charge is 0.573 e. The van der Waals surface area contributed by atoms with Gasteiger partial charge in [0, 0.05) is 17.8 Å². The van der Waals surface area contributed by atoms with Crippen molar-refractivity contribution in [3.63, 3.8) is 0 Å². The Morgan fingerprint density at radius 3 is 2.17 bits per heavy atom. The van der Waals surface area contributed by atoms with Gasteiger partial charge >= 0.3 is 18.6 Å². The first kappa shape index (κ1) is 25.4. The van der Waals surface area contributed by atoms with Crippen LogP contribution in [-0.2, 0) is 12.6 Å². The third-order valence-electron chi connectivity index (χ3n) is 4.51. The van der Waals surface area contributed by atoms with E-state index in [9.17, 15) is 31.1 Å². The molecule has 0 aromatic heterocycles. The highest BCUT2D eigenvalue weighted by Crippen LogP contribution is 2.30. The van der Waals surface area contributed by atoms with Gasteiger partial charge in [0.05, 0.1) is 11.3 Å². The average Bonchev–Trinajstić information content (AvgIpc) is 2.78. The minimum absolute atomic E-state index is 0.0748. The molecule has 0 radical (unpaired) electrons. The number of hydrogen-bond donors (Lipinski definition) is 3. The number of urea groups is 1. The summed E-state index contributed by atoms with van der Waals surface area (Å²) in [6.07, 6.45) is -9.36. The van der Waals surface area contributed by atoms with Gasteiger partial charge in [-0.05, 0) is 59.7 Å². The molecule has 0 spiro atoms. The van der Waals surface area contributed by atoms with Crippen LogP contribution in [0.1, 0.15) is 16.7 Å². The van der Waals surface area contributed by atoms with Crippen LogP contribution in [0.3, 0.4) is 0 Å². The molecule has 0 aliphatic heterocycles. The molecule has 35 heavy (non-hydrogen) atoms. The number of carbonyl (C=O) groups is 1. The number of halogens is 6. The number of benzene rings is 3. The molecule has 0 saturated heterocycles. The Hall–Kier alpha value is -4.22. The summed E-state index contributed by atoms with van der Waals surface area (Å²) in [5.41, 5.74) is 8.54. The lowest BCUT2D eigenvalue weighted by Gasteiger charge is -2.12. The van der Waals surface area contributed by atoms with Crippen LogP contribution in [0.2, 0.25) is 0 Å². The number of hydrogen-bond acceptors (Lipinski definition) is 4. The van der Waals surface area contributed by atoms with Crippen LogP contribution in [0.4, 0.5) is 42.5 Å². The summed E-state index contributed by atoms with van der Waals surface area (Å²) in [6, 6.07) is 14.5. The van der Waals surface area contributed by atoms with Crippen LogP contribution in [-0.4, -0.2) is 18.1 Å². The Labute approximate surface area is 195 Å². The molecule has 4 N–H and O–H groups in total. The number of nitrogen functional groups attached to an aromatic ring is 1. The van der Waals surface area contributed by atoms with Gasteiger partial charge < -0.3 is 15.8 Å². The third-order valence-corrected chi connectivity index (χ3v) is 4.51. The lowest BCUT2D eigenvalue weighted by Crippen LogP contribution is -2.26. The molecule has 12 heteroatoms. The van der Waals surface area contributed by atoms with E-state index in [4.69, 9.17) is 5.73 Å². The second-order valence-corrected chi connectivity index (χ2v) is 7.19. The van der Waals surface area contributed by atoms with Crippen molar-refractivity contribution in [2.75, 3.05) is 11.1 Å². The lowest BCUT2D eigenvalue weighted by atomic mass is 10.00. The first-order valence-corrected chi connectivity index (χ1v) is 9.90. The van der Waals surface area contributed by atoms with Crippen molar-refractivity contribution in [2.45, 2.75) is 19.0 Å². The molecule has 0 atom stereocenters. The van der Waals surface area contributed by atoms with E-state index in [-0.39, 0.29) is 23.4 Å². The number of hydrazone groups is 1. The number of nitrogens with one attached hydrogen (secondary N) is 2. The highest BCUT2D eigenvalue weighted by Gasteiger charge is 2.31. The molecule has 0 bridgehead atoms. The van der Waals surface area contributed by atoms with E-state index in [0.717, 1.165) is 24.3 Å². The maximum absolute atomic E-state index is 13.2. The Balaban J connectivity index is 1.78. The molecule has 0 aliphatic rings. The molecule has 3 rings (SSSR count). The SMILES string of the molecule is Nc1ccc(C/C(=N\NC(=O)Nc2ccc(OC(F)(F)F)cc2)c2cccc(C(F)(F)F)c2)cc1. The summed E-state index contributed by atoms with van der Waals surface area (Å²) in [5.74, 6) is -0.475. The highest BCUT2D eigenvalue weighted by molar-refractivity contribution is 6.03. The summed E-state index contributed by atoms with van der Waals surface area (Å²) in [4.78, 5) is 12.2. The highest BCUT2D eigenvalue weighted by atomic mass is 19.4. The lowest BCUT2D eigenvalue weighted by molar-refractivity contribution is -0.274. The molecule has 6 nitrogen and oxygen atoms in total. The predicted molar refractivity (Wildman–Crippen MR) is 118 cm³/mol. The Kier molecular flexibility index (Phi) is 7.52. The van der Waals surface area contributed by atoms with Gasteiger partial charge in [-0.3, -0.25) is 0 Å². The van der Waals surface area contributed by atoms with Crippen LogP contribution < -0.4 is 21.2 Å². The Morgan fingerprint density at radius 1 is 0.914 bits per heavy atom. The van der Waals surface area contributed by atoms with Crippen LogP contribution in [0.5, 0.6) is 5.75 Å². The summed E-state index contributed by atoms with van der Waals surface area (Å²) >= 11 is 0. The third kappa shape index (κ3) is 7.95. The molecule has 3 aromatic carbocycles. The first-order valence-electron chi connectivity index (χ1n) is 9.90. The van der Waals surface area contributed by atoms with Gasteiger partial charge in [-0.15, -0.1) is 13.2 Å². The molecule has 0 heterocycles. The van der Waals surface area contributed by atoms with E-state index in [1.807, 2.05) is 0 Å². The topological polar surface area (TPSA) is 88.7 Å². The second-order valence-electron chi connectivity index (χ2n) is 7.19. The molecule has 2 amide bonds. The van der Waals surface area contributed by atoms with Gasteiger partial charge in [0.2, 0.25) is 0 Å². The fraction of sp³-hybridized carbons (Fsp3) is 0.130. The smallest absolute Gasteiger partial charge is 0.406 e. The standard InChI is InChI=1S/C23H18F6N4O2/c24-22(25,26)16-3-1-2-15(13-16)20(12-14-4-6-17(30)7-5-14)32-33-21(34)31-18-8-10-19(11-9-18)35-23(27,28)29/h1-11,13H,12,30H2,(H2,31,33,34)/b32-20+.